The first-order valence-electron chi connectivity index (χ1n) is 9.84. The van der Waals surface area contributed by atoms with Crippen LogP contribution in [-0.2, 0) is 27.4 Å². The smallest absolute Gasteiger partial charge is 0.311 e. The Morgan fingerprint density at radius 1 is 1.13 bits per heavy atom. The van der Waals surface area contributed by atoms with Gasteiger partial charge in [0.1, 0.15) is 12.4 Å². The Bertz CT molecular complexity index is 1070. The zero-order valence-electron chi connectivity index (χ0n) is 17.1. The van der Waals surface area contributed by atoms with E-state index in [1.54, 1.807) is 37.4 Å². The normalized spacial score (nSPS) is 11.6. The van der Waals surface area contributed by atoms with Crippen LogP contribution >= 0.6 is 0 Å². The molecule has 0 fully saturated rings. The Balaban J connectivity index is 1.83. The van der Waals surface area contributed by atoms with E-state index in [9.17, 15) is 14.4 Å². The number of nitrogens with one attached hydrogen (secondary N) is 2. The van der Waals surface area contributed by atoms with E-state index in [0.717, 1.165) is 5.69 Å². The van der Waals surface area contributed by atoms with Crippen molar-refractivity contribution in [1.82, 2.24) is 15.2 Å². The molecule has 3 aromatic rings. The zero-order valence-corrected chi connectivity index (χ0v) is 17.1. The van der Waals surface area contributed by atoms with Crippen molar-refractivity contribution < 1.29 is 19.1 Å². The fourth-order valence-corrected chi connectivity index (χ4v) is 3.29. The second kappa shape index (κ2) is 10.2. The second-order valence-electron chi connectivity index (χ2n) is 6.85. The van der Waals surface area contributed by atoms with E-state index < -0.39 is 23.4 Å². The molecule has 9 heteroatoms. The molecule has 162 valence electrons. The van der Waals surface area contributed by atoms with Crippen molar-refractivity contribution in [2.24, 2.45) is 5.73 Å². The summed E-state index contributed by atoms with van der Waals surface area (Å²) in [6.07, 6.45) is 1.48. The lowest BCUT2D eigenvalue weighted by Gasteiger charge is -2.16. The van der Waals surface area contributed by atoms with Crippen LogP contribution in [0.3, 0.4) is 0 Å². The maximum atomic E-state index is 12.5. The molecule has 0 aliphatic carbocycles. The minimum atomic E-state index is -0.623. The molecule has 9 nitrogen and oxygen atoms in total. The van der Waals surface area contributed by atoms with Gasteiger partial charge in [0.15, 0.2) is 0 Å². The molecule has 2 aromatic heterocycles. The first-order chi connectivity index (χ1) is 15.0. The van der Waals surface area contributed by atoms with Gasteiger partial charge in [-0.3, -0.25) is 24.5 Å². The Labute approximate surface area is 178 Å². The quantitative estimate of drug-likeness (QED) is 0.424. The predicted molar refractivity (Wildman–Crippen MR) is 112 cm³/mol. The van der Waals surface area contributed by atoms with Crippen molar-refractivity contribution in [3.8, 4) is 5.75 Å². The van der Waals surface area contributed by atoms with E-state index >= 15 is 0 Å². The number of hydrogen-bond donors (Lipinski definition) is 3. The van der Waals surface area contributed by atoms with Crippen LogP contribution in [0, 0.1) is 0 Å². The minimum Gasteiger partial charge on any atom is -0.487 e. The highest BCUT2D eigenvalue weighted by molar-refractivity contribution is 5.76. The SMILES string of the molecule is CCOC(=O)Cc1[nH][nH]c(=O)c1[C@@H](CC(N)=O)c1ccc(OCc2ccccn2)cc1. The Kier molecular flexibility index (Phi) is 7.21. The molecule has 0 aliphatic heterocycles. The molecule has 0 bridgehead atoms. The summed E-state index contributed by atoms with van der Waals surface area (Å²) in [4.78, 5) is 40.3. The van der Waals surface area contributed by atoms with Crippen molar-refractivity contribution in [2.45, 2.75) is 32.3 Å². The maximum absolute atomic E-state index is 12.5. The van der Waals surface area contributed by atoms with E-state index in [0.29, 0.717) is 23.6 Å². The van der Waals surface area contributed by atoms with Gasteiger partial charge in [-0.25, -0.2) is 0 Å². The number of pyridine rings is 1. The first-order valence-corrected chi connectivity index (χ1v) is 9.84. The molecule has 0 aliphatic rings. The molecule has 0 saturated carbocycles. The lowest BCUT2D eigenvalue weighted by Crippen LogP contribution is -2.21. The second-order valence-corrected chi connectivity index (χ2v) is 6.85. The number of ether oxygens (including phenoxy) is 2. The van der Waals surface area contributed by atoms with Gasteiger partial charge in [-0.15, -0.1) is 0 Å². The number of esters is 1. The standard InChI is InChI=1S/C22H24N4O5/c1-2-30-20(28)12-18-21(22(29)26-25-18)17(11-19(23)27)14-6-8-16(9-7-14)31-13-15-5-3-4-10-24-15/h3-10,17H,2,11-13H2,1H3,(H2,23,27)(H2,25,26,29)/t17-/m0/s1. The number of carbonyl (C=O) groups excluding carboxylic acids is 2. The summed E-state index contributed by atoms with van der Waals surface area (Å²) in [5.41, 5.74) is 7.17. The zero-order chi connectivity index (χ0) is 22.2. The Morgan fingerprint density at radius 2 is 1.90 bits per heavy atom. The minimum absolute atomic E-state index is 0.0924. The summed E-state index contributed by atoms with van der Waals surface area (Å²) in [7, 11) is 0. The number of carbonyl (C=O) groups is 2. The third-order valence-corrected chi connectivity index (χ3v) is 4.67. The number of aromatic amines is 2. The van der Waals surface area contributed by atoms with Crippen LogP contribution in [0.1, 0.15) is 41.8 Å². The van der Waals surface area contributed by atoms with E-state index in [2.05, 4.69) is 15.2 Å². The lowest BCUT2D eigenvalue weighted by molar-refractivity contribution is -0.142. The van der Waals surface area contributed by atoms with Crippen LogP contribution in [0.25, 0.3) is 0 Å². The molecule has 0 unspecified atom stereocenters. The summed E-state index contributed by atoms with van der Waals surface area (Å²) in [5.74, 6) is -1.05. The fraction of sp³-hybridized carbons (Fsp3) is 0.273. The Morgan fingerprint density at radius 3 is 2.55 bits per heavy atom. The number of nitrogens with two attached hydrogens (primary N) is 1. The molecule has 1 atom stereocenters. The highest BCUT2D eigenvalue weighted by Crippen LogP contribution is 2.29. The van der Waals surface area contributed by atoms with Crippen LogP contribution < -0.4 is 16.0 Å². The molecular formula is C22H24N4O5. The first kappa shape index (κ1) is 21.8. The molecule has 4 N–H and O–H groups in total. The van der Waals surface area contributed by atoms with Gasteiger partial charge < -0.3 is 20.3 Å². The van der Waals surface area contributed by atoms with Gasteiger partial charge in [0.05, 0.1) is 24.4 Å². The number of H-pyrrole nitrogens is 2. The third kappa shape index (κ3) is 5.81. The molecule has 1 amide bonds. The average Bonchev–Trinajstić information content (AvgIpc) is 3.11. The summed E-state index contributed by atoms with van der Waals surface area (Å²) >= 11 is 0. The summed E-state index contributed by atoms with van der Waals surface area (Å²) in [6.45, 7) is 2.24. The number of hydrogen-bond acceptors (Lipinski definition) is 6. The number of amides is 1. The van der Waals surface area contributed by atoms with Gasteiger partial charge in [-0.2, -0.15) is 0 Å². The van der Waals surface area contributed by atoms with Crippen LogP contribution in [0.15, 0.2) is 53.5 Å². The molecular weight excluding hydrogens is 400 g/mol. The van der Waals surface area contributed by atoms with Gasteiger partial charge in [0.25, 0.3) is 5.56 Å². The van der Waals surface area contributed by atoms with Crippen molar-refractivity contribution >= 4 is 11.9 Å². The van der Waals surface area contributed by atoms with Gasteiger partial charge >= 0.3 is 5.97 Å². The summed E-state index contributed by atoms with van der Waals surface area (Å²) in [6, 6.07) is 12.6. The topological polar surface area (TPSA) is 140 Å². The van der Waals surface area contributed by atoms with E-state index in [4.69, 9.17) is 15.2 Å². The molecule has 3 rings (SSSR count). The average molecular weight is 424 g/mol. The number of nitrogens with zero attached hydrogens (tertiary/aromatic N) is 1. The van der Waals surface area contributed by atoms with Gasteiger partial charge in [-0.05, 0) is 36.8 Å². The largest absolute Gasteiger partial charge is 0.487 e. The van der Waals surface area contributed by atoms with Crippen LogP contribution in [0.5, 0.6) is 5.75 Å². The van der Waals surface area contributed by atoms with Crippen molar-refractivity contribution in [2.75, 3.05) is 6.61 Å². The van der Waals surface area contributed by atoms with E-state index in [1.807, 2.05) is 18.2 Å². The lowest BCUT2D eigenvalue weighted by atomic mass is 9.87. The van der Waals surface area contributed by atoms with Gasteiger partial charge in [0, 0.05) is 24.1 Å². The number of aromatic nitrogens is 3. The Hall–Kier alpha value is -3.88. The van der Waals surface area contributed by atoms with Gasteiger partial charge in [-0.1, -0.05) is 18.2 Å². The van der Waals surface area contributed by atoms with E-state index in [-0.39, 0.29) is 25.0 Å². The van der Waals surface area contributed by atoms with Gasteiger partial charge in [0.2, 0.25) is 5.91 Å². The molecule has 0 radical (unpaired) electrons. The van der Waals surface area contributed by atoms with Crippen LogP contribution in [0.2, 0.25) is 0 Å². The molecule has 0 saturated heterocycles. The summed E-state index contributed by atoms with van der Waals surface area (Å²) < 4.78 is 10.7. The highest BCUT2D eigenvalue weighted by Gasteiger charge is 2.26. The van der Waals surface area contributed by atoms with Crippen LogP contribution in [0.4, 0.5) is 0 Å². The van der Waals surface area contributed by atoms with Crippen molar-refractivity contribution in [3.63, 3.8) is 0 Å². The number of rotatable bonds is 10. The third-order valence-electron chi connectivity index (χ3n) is 4.67. The highest BCUT2D eigenvalue weighted by atomic mass is 16.5. The number of benzene rings is 1. The van der Waals surface area contributed by atoms with Crippen molar-refractivity contribution in [1.29, 1.82) is 0 Å². The molecule has 31 heavy (non-hydrogen) atoms. The predicted octanol–water partition coefficient (Wildman–Crippen LogP) is 1.79. The molecule has 2 heterocycles. The monoisotopic (exact) mass is 424 g/mol. The molecule has 0 spiro atoms. The van der Waals surface area contributed by atoms with E-state index in [1.165, 1.54) is 0 Å². The fourth-order valence-electron chi connectivity index (χ4n) is 3.29. The maximum Gasteiger partial charge on any atom is 0.311 e. The molecule has 1 aromatic carbocycles. The van der Waals surface area contributed by atoms with Crippen molar-refractivity contribution in [3.05, 3.63) is 81.5 Å². The van der Waals surface area contributed by atoms with Crippen LogP contribution in [-0.4, -0.2) is 33.7 Å². The number of primary amides is 1. The summed E-state index contributed by atoms with van der Waals surface area (Å²) in [5, 5.41) is 5.20.